The molecule has 10 nitrogen and oxygen atoms in total. The summed E-state index contributed by atoms with van der Waals surface area (Å²) in [6.07, 6.45) is 0.152. The Balaban J connectivity index is 1.47. The van der Waals surface area contributed by atoms with Crippen molar-refractivity contribution in [1.29, 1.82) is 0 Å². The molecule has 6 N–H and O–H groups in total. The van der Waals surface area contributed by atoms with Gasteiger partial charge in [-0.25, -0.2) is 4.79 Å². The SMILES string of the molecule is CCCCC[C@H](O)c1ccc(N2C(=O)CC[C@@H]2CCCc2ccc(C(=O)OC[C@H](O)[C@H](O)[C@@H](O)[C@@H](O)CO)s2)cc1. The van der Waals surface area contributed by atoms with Crippen molar-refractivity contribution in [2.24, 2.45) is 0 Å². The first-order chi connectivity index (χ1) is 19.7. The fourth-order valence-corrected chi connectivity index (χ4v) is 5.95. The fourth-order valence-electron chi connectivity index (χ4n) is 5.01. The van der Waals surface area contributed by atoms with Crippen molar-refractivity contribution in [3.8, 4) is 0 Å². The van der Waals surface area contributed by atoms with E-state index < -0.39 is 49.7 Å². The standard InChI is InChI=1S/C30H43NO9S/c1-2-3-4-8-23(33)19-9-11-21(12-10-19)31-20(13-16-27(31)36)6-5-7-22-14-15-26(41-22)30(39)40-18-25(35)29(38)28(37)24(34)17-32/h9-12,14-15,20,23-25,28-29,32-35,37-38H,2-8,13,16-18H2,1H3/t20-,23-,24-,25-,28-,29-/m0/s1. The third kappa shape index (κ3) is 9.31. The number of rotatable bonds is 17. The number of thiophene rings is 1. The summed E-state index contributed by atoms with van der Waals surface area (Å²) in [5, 5.41) is 58.1. The second-order valence-electron chi connectivity index (χ2n) is 10.6. The van der Waals surface area contributed by atoms with Gasteiger partial charge in [-0.15, -0.1) is 11.3 Å². The Kier molecular flexibility index (Phi) is 13.2. The molecule has 1 amide bonds. The van der Waals surface area contributed by atoms with Crippen molar-refractivity contribution in [2.75, 3.05) is 18.1 Å². The lowest BCUT2D eigenvalue weighted by Crippen LogP contribution is -2.47. The van der Waals surface area contributed by atoms with E-state index in [4.69, 9.17) is 9.84 Å². The zero-order chi connectivity index (χ0) is 29.9. The van der Waals surface area contributed by atoms with Gasteiger partial charge in [-0.3, -0.25) is 4.79 Å². The molecular weight excluding hydrogens is 550 g/mol. The minimum atomic E-state index is -1.80. The summed E-state index contributed by atoms with van der Waals surface area (Å²) in [7, 11) is 0. The van der Waals surface area contributed by atoms with E-state index in [1.807, 2.05) is 35.2 Å². The molecule has 6 atom stereocenters. The highest BCUT2D eigenvalue weighted by atomic mass is 32.1. The van der Waals surface area contributed by atoms with Gasteiger partial charge in [0, 0.05) is 23.0 Å². The lowest BCUT2D eigenvalue weighted by atomic mass is 10.0. The molecule has 1 aliphatic heterocycles. The number of carbonyl (C=O) groups excluding carboxylic acids is 2. The van der Waals surface area contributed by atoms with Crippen LogP contribution in [0.4, 0.5) is 5.69 Å². The van der Waals surface area contributed by atoms with Crippen LogP contribution in [-0.4, -0.2) is 86.2 Å². The van der Waals surface area contributed by atoms with Crippen LogP contribution in [0.3, 0.4) is 0 Å². The van der Waals surface area contributed by atoms with Gasteiger partial charge in [0.15, 0.2) is 0 Å². The lowest BCUT2D eigenvalue weighted by Gasteiger charge is -2.25. The Morgan fingerprint density at radius 1 is 1.00 bits per heavy atom. The topological polar surface area (TPSA) is 168 Å². The van der Waals surface area contributed by atoms with E-state index >= 15 is 0 Å². The van der Waals surface area contributed by atoms with Gasteiger partial charge in [-0.1, -0.05) is 38.3 Å². The van der Waals surface area contributed by atoms with E-state index in [0.717, 1.165) is 61.1 Å². The zero-order valence-electron chi connectivity index (χ0n) is 23.5. The Morgan fingerprint density at radius 2 is 1.71 bits per heavy atom. The zero-order valence-corrected chi connectivity index (χ0v) is 24.3. The Morgan fingerprint density at radius 3 is 2.39 bits per heavy atom. The van der Waals surface area contributed by atoms with Gasteiger partial charge in [-0.2, -0.15) is 0 Å². The molecule has 228 valence electrons. The number of hydrogen-bond donors (Lipinski definition) is 6. The number of anilines is 1. The quantitative estimate of drug-likeness (QED) is 0.119. The number of amides is 1. The van der Waals surface area contributed by atoms with E-state index in [2.05, 4.69) is 6.92 Å². The van der Waals surface area contributed by atoms with E-state index in [9.17, 15) is 35.1 Å². The lowest BCUT2D eigenvalue weighted by molar-refractivity contribution is -0.124. The summed E-state index contributed by atoms with van der Waals surface area (Å²) in [5.41, 5.74) is 1.71. The van der Waals surface area contributed by atoms with Crippen molar-refractivity contribution in [1.82, 2.24) is 0 Å². The summed E-state index contributed by atoms with van der Waals surface area (Å²) in [6, 6.07) is 11.2. The van der Waals surface area contributed by atoms with Gasteiger partial charge < -0.3 is 40.3 Å². The number of unbranched alkanes of at least 4 members (excludes halogenated alkanes) is 2. The highest BCUT2D eigenvalue weighted by Gasteiger charge is 2.32. The summed E-state index contributed by atoms with van der Waals surface area (Å²) < 4.78 is 5.04. The van der Waals surface area contributed by atoms with Gasteiger partial charge >= 0.3 is 5.97 Å². The number of benzene rings is 1. The third-order valence-corrected chi connectivity index (χ3v) is 8.62. The van der Waals surface area contributed by atoms with Crippen molar-refractivity contribution in [3.63, 3.8) is 0 Å². The van der Waals surface area contributed by atoms with Gasteiger partial charge in [-0.05, 0) is 61.9 Å². The van der Waals surface area contributed by atoms with Gasteiger partial charge in [0.05, 0.1) is 12.7 Å². The van der Waals surface area contributed by atoms with E-state index in [1.54, 1.807) is 6.07 Å². The van der Waals surface area contributed by atoms with Crippen LogP contribution in [-0.2, 0) is 16.0 Å². The van der Waals surface area contributed by atoms with Crippen LogP contribution >= 0.6 is 11.3 Å². The predicted molar refractivity (Wildman–Crippen MR) is 155 cm³/mol. The molecule has 41 heavy (non-hydrogen) atoms. The Bertz CT molecular complexity index is 1090. The van der Waals surface area contributed by atoms with Crippen LogP contribution < -0.4 is 4.90 Å². The first-order valence-electron chi connectivity index (χ1n) is 14.3. The number of nitrogens with zero attached hydrogens (tertiary/aromatic N) is 1. The molecule has 0 bridgehead atoms. The summed E-state index contributed by atoms with van der Waals surface area (Å²) >= 11 is 1.26. The van der Waals surface area contributed by atoms with Crippen LogP contribution in [0.25, 0.3) is 0 Å². The maximum Gasteiger partial charge on any atom is 0.348 e. The van der Waals surface area contributed by atoms with Crippen molar-refractivity contribution in [2.45, 2.75) is 101 Å². The molecule has 1 aliphatic rings. The van der Waals surface area contributed by atoms with Crippen molar-refractivity contribution < 1.29 is 45.0 Å². The summed E-state index contributed by atoms with van der Waals surface area (Å²) in [5.74, 6) is -0.589. The first-order valence-corrected chi connectivity index (χ1v) is 15.2. The fraction of sp³-hybridized carbons (Fsp3) is 0.600. The number of aliphatic hydroxyl groups is 6. The van der Waals surface area contributed by atoms with E-state index in [-0.39, 0.29) is 11.9 Å². The second kappa shape index (κ2) is 16.3. The molecule has 2 aromatic rings. The Labute approximate surface area is 244 Å². The molecule has 2 heterocycles. The number of carbonyl (C=O) groups is 2. The van der Waals surface area contributed by atoms with Crippen LogP contribution in [0.5, 0.6) is 0 Å². The highest BCUT2D eigenvalue weighted by molar-refractivity contribution is 7.13. The van der Waals surface area contributed by atoms with Crippen LogP contribution in [0, 0.1) is 0 Å². The average molecular weight is 594 g/mol. The van der Waals surface area contributed by atoms with Gasteiger partial charge in [0.1, 0.15) is 35.9 Å². The largest absolute Gasteiger partial charge is 0.459 e. The number of ether oxygens (including phenoxy) is 1. The molecule has 0 saturated carbocycles. The molecule has 1 aromatic carbocycles. The third-order valence-electron chi connectivity index (χ3n) is 7.50. The summed E-state index contributed by atoms with van der Waals surface area (Å²) in [6.45, 7) is 0.745. The van der Waals surface area contributed by atoms with E-state index in [0.29, 0.717) is 17.7 Å². The second-order valence-corrected chi connectivity index (χ2v) is 11.8. The highest BCUT2D eigenvalue weighted by Crippen LogP contribution is 2.31. The summed E-state index contributed by atoms with van der Waals surface area (Å²) in [4.78, 5) is 28.2. The minimum absolute atomic E-state index is 0.0832. The predicted octanol–water partition coefficient (Wildman–Crippen LogP) is 2.47. The first kappa shape index (κ1) is 33.1. The molecule has 0 radical (unpaired) electrons. The number of aliphatic hydroxyl groups excluding tert-OH is 6. The van der Waals surface area contributed by atoms with Crippen LogP contribution in [0.1, 0.15) is 84.5 Å². The molecule has 1 fully saturated rings. The maximum absolute atomic E-state index is 12.7. The monoisotopic (exact) mass is 593 g/mol. The molecule has 0 aliphatic carbocycles. The molecule has 0 unspecified atom stereocenters. The smallest absolute Gasteiger partial charge is 0.348 e. The van der Waals surface area contributed by atoms with Gasteiger partial charge in [0.2, 0.25) is 5.91 Å². The maximum atomic E-state index is 12.7. The number of aryl methyl sites for hydroxylation is 1. The van der Waals surface area contributed by atoms with Gasteiger partial charge in [0.25, 0.3) is 0 Å². The molecule has 11 heteroatoms. The average Bonchev–Trinajstić information content (AvgIpc) is 3.61. The normalized spacial score (nSPS) is 19.1. The Hall–Kier alpha value is -2.38. The molecule has 1 aromatic heterocycles. The molecular formula is C30H43NO9S. The van der Waals surface area contributed by atoms with Crippen molar-refractivity contribution >= 4 is 28.9 Å². The van der Waals surface area contributed by atoms with Crippen molar-refractivity contribution in [3.05, 3.63) is 51.7 Å². The van der Waals surface area contributed by atoms with E-state index in [1.165, 1.54) is 11.3 Å². The molecule has 1 saturated heterocycles. The van der Waals surface area contributed by atoms with Crippen LogP contribution in [0.2, 0.25) is 0 Å². The number of hydrogen-bond acceptors (Lipinski definition) is 10. The van der Waals surface area contributed by atoms with Crippen LogP contribution in [0.15, 0.2) is 36.4 Å². The molecule has 0 spiro atoms. The minimum Gasteiger partial charge on any atom is -0.459 e. The number of esters is 1. The molecule has 3 rings (SSSR count).